The first kappa shape index (κ1) is 34.3. The van der Waals surface area contributed by atoms with Crippen LogP contribution in [0, 0.1) is 0 Å². The van der Waals surface area contributed by atoms with Crippen molar-refractivity contribution in [1.29, 1.82) is 0 Å². The van der Waals surface area contributed by atoms with Crippen LogP contribution in [0.15, 0.2) is 126 Å². The van der Waals surface area contributed by atoms with E-state index in [1.165, 1.54) is 18.8 Å². The Morgan fingerprint density at radius 3 is 1.72 bits per heavy atom. The molecule has 0 bridgehead atoms. The molecule has 5 rings (SSSR count). The number of carbonyl (C=O) groups is 2. The van der Waals surface area contributed by atoms with Crippen molar-refractivity contribution in [3.8, 4) is 0 Å². The molecule has 1 aliphatic heterocycles. The SMILES string of the molecule is CNC(=O)CCC(=O)O[C@@H]1C(COCc2ccccc2)O[C@H](Sc2ccccc2)C(OCc2ccccc2)[C@H]1OCc1ccccc1. The van der Waals surface area contributed by atoms with E-state index in [0.29, 0.717) is 13.2 Å². The van der Waals surface area contributed by atoms with Gasteiger partial charge in [-0.15, -0.1) is 0 Å². The summed E-state index contributed by atoms with van der Waals surface area (Å²) in [6, 6.07) is 39.5. The molecule has 0 aromatic heterocycles. The Bertz CT molecular complexity index is 1490. The average Bonchev–Trinajstić information content (AvgIpc) is 3.12. The topological polar surface area (TPSA) is 92.3 Å². The van der Waals surface area contributed by atoms with Crippen molar-refractivity contribution < 1.29 is 33.3 Å². The molecule has 0 aliphatic carbocycles. The van der Waals surface area contributed by atoms with Crippen molar-refractivity contribution in [3.05, 3.63) is 138 Å². The van der Waals surface area contributed by atoms with Crippen molar-refractivity contribution in [2.45, 2.75) is 67.4 Å². The van der Waals surface area contributed by atoms with Gasteiger partial charge in [-0.3, -0.25) is 9.59 Å². The van der Waals surface area contributed by atoms with E-state index < -0.39 is 35.8 Å². The van der Waals surface area contributed by atoms with Gasteiger partial charge in [-0.1, -0.05) is 121 Å². The lowest BCUT2D eigenvalue weighted by Gasteiger charge is -2.45. The van der Waals surface area contributed by atoms with Crippen LogP contribution in [0.5, 0.6) is 0 Å². The lowest BCUT2D eigenvalue weighted by atomic mass is 9.98. The van der Waals surface area contributed by atoms with Crippen molar-refractivity contribution >= 4 is 23.6 Å². The molecule has 5 atom stereocenters. The number of thioether (sulfide) groups is 1. The second-order valence-corrected chi connectivity index (χ2v) is 12.3. The van der Waals surface area contributed by atoms with Crippen molar-refractivity contribution in [3.63, 3.8) is 0 Å². The highest BCUT2D eigenvalue weighted by Crippen LogP contribution is 2.38. The summed E-state index contributed by atoms with van der Waals surface area (Å²) in [5.74, 6) is -0.774. The van der Waals surface area contributed by atoms with Crippen LogP contribution in [0.3, 0.4) is 0 Å². The van der Waals surface area contributed by atoms with Gasteiger partial charge in [0.25, 0.3) is 0 Å². The number of rotatable bonds is 16. The molecule has 1 aliphatic rings. The number of hydrogen-bond acceptors (Lipinski definition) is 8. The molecule has 9 heteroatoms. The largest absolute Gasteiger partial charge is 0.457 e. The number of nitrogens with one attached hydrogen (secondary N) is 1. The van der Waals surface area contributed by atoms with E-state index >= 15 is 0 Å². The summed E-state index contributed by atoms with van der Waals surface area (Å²) in [5, 5.41) is 2.55. The normalized spacial score (nSPS) is 20.7. The quantitative estimate of drug-likeness (QED) is 0.140. The number of hydrogen-bond donors (Lipinski definition) is 1. The van der Waals surface area contributed by atoms with Gasteiger partial charge in [0.2, 0.25) is 5.91 Å². The van der Waals surface area contributed by atoms with E-state index in [1.807, 2.05) is 121 Å². The average molecular weight is 656 g/mol. The van der Waals surface area contributed by atoms with Crippen LogP contribution in [0.2, 0.25) is 0 Å². The monoisotopic (exact) mass is 655 g/mol. The van der Waals surface area contributed by atoms with Crippen molar-refractivity contribution in [1.82, 2.24) is 5.32 Å². The van der Waals surface area contributed by atoms with E-state index in [0.717, 1.165) is 21.6 Å². The summed E-state index contributed by atoms with van der Waals surface area (Å²) in [6.07, 6.45) is -2.99. The van der Waals surface area contributed by atoms with Gasteiger partial charge in [-0.25, -0.2) is 0 Å². The second kappa shape index (κ2) is 18.4. The number of amides is 1. The molecule has 4 aromatic rings. The zero-order valence-electron chi connectivity index (χ0n) is 26.4. The highest BCUT2D eigenvalue weighted by molar-refractivity contribution is 7.99. The van der Waals surface area contributed by atoms with Gasteiger partial charge in [0.1, 0.15) is 23.7 Å². The molecule has 1 fully saturated rings. The molecular weight excluding hydrogens is 614 g/mol. The maximum atomic E-state index is 13.3. The lowest BCUT2D eigenvalue weighted by Crippen LogP contribution is -2.60. The molecule has 8 nitrogen and oxygen atoms in total. The first-order chi connectivity index (χ1) is 23.1. The molecule has 2 unspecified atom stereocenters. The first-order valence-electron chi connectivity index (χ1n) is 15.8. The summed E-state index contributed by atoms with van der Waals surface area (Å²) in [5.41, 5.74) is 2.45. The maximum Gasteiger partial charge on any atom is 0.306 e. The predicted octanol–water partition coefficient (Wildman–Crippen LogP) is 6.33. The molecule has 0 saturated carbocycles. The summed E-state index contributed by atoms with van der Waals surface area (Å²) in [4.78, 5) is 26.2. The Hall–Kier alpha value is -3.99. The van der Waals surface area contributed by atoms with Crippen LogP contribution in [0.1, 0.15) is 29.5 Å². The summed E-state index contributed by atoms with van der Waals surface area (Å²) in [7, 11) is 1.54. The Morgan fingerprint density at radius 2 is 1.17 bits per heavy atom. The van der Waals surface area contributed by atoms with Gasteiger partial charge in [-0.05, 0) is 28.8 Å². The van der Waals surface area contributed by atoms with Crippen LogP contribution in [-0.2, 0) is 53.1 Å². The fourth-order valence-electron chi connectivity index (χ4n) is 5.20. The minimum Gasteiger partial charge on any atom is -0.457 e. The highest BCUT2D eigenvalue weighted by Gasteiger charge is 2.50. The molecule has 0 radical (unpaired) electrons. The molecule has 246 valence electrons. The third-order valence-electron chi connectivity index (χ3n) is 7.65. The zero-order valence-corrected chi connectivity index (χ0v) is 27.3. The van der Waals surface area contributed by atoms with Crippen LogP contribution in [-0.4, -0.2) is 55.4 Å². The third kappa shape index (κ3) is 10.8. The maximum absolute atomic E-state index is 13.3. The van der Waals surface area contributed by atoms with E-state index in [9.17, 15) is 9.59 Å². The Morgan fingerprint density at radius 1 is 0.660 bits per heavy atom. The van der Waals surface area contributed by atoms with E-state index in [-0.39, 0.29) is 32.0 Å². The third-order valence-corrected chi connectivity index (χ3v) is 8.81. The molecule has 1 amide bonds. The van der Waals surface area contributed by atoms with Gasteiger partial charge in [0, 0.05) is 18.4 Å². The summed E-state index contributed by atoms with van der Waals surface area (Å²) in [6.45, 7) is 1.07. The number of carbonyl (C=O) groups excluding carboxylic acids is 2. The molecule has 1 heterocycles. The molecule has 1 N–H and O–H groups in total. The van der Waals surface area contributed by atoms with Gasteiger partial charge in [0.15, 0.2) is 6.10 Å². The molecule has 47 heavy (non-hydrogen) atoms. The summed E-state index contributed by atoms with van der Waals surface area (Å²) >= 11 is 1.53. The van der Waals surface area contributed by atoms with Crippen LogP contribution in [0.4, 0.5) is 0 Å². The predicted molar refractivity (Wildman–Crippen MR) is 180 cm³/mol. The van der Waals surface area contributed by atoms with E-state index in [4.69, 9.17) is 23.7 Å². The number of benzene rings is 4. The molecule has 4 aromatic carbocycles. The van der Waals surface area contributed by atoms with Crippen molar-refractivity contribution in [2.24, 2.45) is 0 Å². The number of ether oxygens (including phenoxy) is 5. The fraction of sp³-hybridized carbons (Fsp3) is 0.316. The van der Waals surface area contributed by atoms with Crippen LogP contribution in [0.25, 0.3) is 0 Å². The van der Waals surface area contributed by atoms with Crippen LogP contribution >= 0.6 is 11.8 Å². The summed E-state index contributed by atoms with van der Waals surface area (Å²) < 4.78 is 32.4. The number of esters is 1. The molecule has 0 spiro atoms. The van der Waals surface area contributed by atoms with Gasteiger partial charge < -0.3 is 29.0 Å². The zero-order chi connectivity index (χ0) is 32.7. The Labute approximate surface area is 280 Å². The Kier molecular flexibility index (Phi) is 13.4. The van der Waals surface area contributed by atoms with Gasteiger partial charge >= 0.3 is 5.97 Å². The highest BCUT2D eigenvalue weighted by atomic mass is 32.2. The smallest absolute Gasteiger partial charge is 0.306 e. The first-order valence-corrected chi connectivity index (χ1v) is 16.7. The minimum absolute atomic E-state index is 0.00798. The van der Waals surface area contributed by atoms with Gasteiger partial charge in [-0.2, -0.15) is 0 Å². The minimum atomic E-state index is -0.875. The van der Waals surface area contributed by atoms with Crippen molar-refractivity contribution in [2.75, 3.05) is 13.7 Å². The van der Waals surface area contributed by atoms with E-state index in [1.54, 1.807) is 0 Å². The molecular formula is C38H41NO7S. The second-order valence-electron chi connectivity index (χ2n) is 11.1. The standard InChI is InChI=1S/C38H41NO7S/c1-39-33(40)22-23-34(41)46-35-32(27-42-24-28-14-6-2-7-15-28)45-38(47-31-20-12-5-13-21-31)37(44-26-30-18-10-4-11-19-30)36(35)43-25-29-16-8-3-9-17-29/h2-21,32,35-38H,22-27H2,1H3,(H,39,40)/t32?,35-,36+,37?,38-/m1/s1. The fourth-order valence-corrected chi connectivity index (χ4v) is 6.35. The lowest BCUT2D eigenvalue weighted by molar-refractivity contribution is -0.249. The Balaban J connectivity index is 1.46. The van der Waals surface area contributed by atoms with Crippen LogP contribution < -0.4 is 5.32 Å². The van der Waals surface area contributed by atoms with E-state index in [2.05, 4.69) is 5.32 Å². The van der Waals surface area contributed by atoms with Gasteiger partial charge in [0.05, 0.1) is 32.8 Å². The molecule has 1 saturated heterocycles.